The summed E-state index contributed by atoms with van der Waals surface area (Å²) in [7, 11) is 3.39. The van der Waals surface area contributed by atoms with Crippen LogP contribution in [0.2, 0.25) is 0 Å². The first kappa shape index (κ1) is 23.8. The highest BCUT2D eigenvalue weighted by Crippen LogP contribution is 2.08. The summed E-state index contributed by atoms with van der Waals surface area (Å²) in [4.78, 5) is 22.2. The number of hydrogen-bond acceptors (Lipinski definition) is 3. The van der Waals surface area contributed by atoms with Crippen molar-refractivity contribution in [2.24, 2.45) is 4.99 Å². The molecular formula is C20H27FIN5O. The molecule has 1 heterocycles. The number of carbonyl (C=O) groups excluding carboxylic acids is 1. The van der Waals surface area contributed by atoms with Crippen LogP contribution < -0.4 is 10.6 Å². The molecule has 0 spiro atoms. The van der Waals surface area contributed by atoms with E-state index in [2.05, 4.69) is 20.6 Å². The van der Waals surface area contributed by atoms with Crippen molar-refractivity contribution in [3.63, 3.8) is 0 Å². The Bertz CT molecular complexity index is 785. The summed E-state index contributed by atoms with van der Waals surface area (Å²) in [6, 6.07) is 10.8. The SMILES string of the molecule is CN=C(NCC(=O)N(C)CCc1ccccn1)NCc1ccc(C)c(F)c1.I. The van der Waals surface area contributed by atoms with Crippen molar-refractivity contribution in [1.29, 1.82) is 0 Å². The molecule has 0 aliphatic heterocycles. The van der Waals surface area contributed by atoms with E-state index in [0.29, 0.717) is 31.0 Å². The summed E-state index contributed by atoms with van der Waals surface area (Å²) < 4.78 is 13.6. The number of aryl methyl sites for hydroxylation is 1. The van der Waals surface area contributed by atoms with Crippen molar-refractivity contribution in [2.45, 2.75) is 19.9 Å². The van der Waals surface area contributed by atoms with E-state index in [1.807, 2.05) is 24.3 Å². The minimum Gasteiger partial charge on any atom is -0.352 e. The van der Waals surface area contributed by atoms with Crippen LogP contribution in [0.25, 0.3) is 0 Å². The van der Waals surface area contributed by atoms with Gasteiger partial charge in [0.25, 0.3) is 0 Å². The van der Waals surface area contributed by atoms with Crippen LogP contribution in [0.4, 0.5) is 4.39 Å². The first-order valence-corrected chi connectivity index (χ1v) is 8.83. The normalized spacial score (nSPS) is 10.8. The molecule has 28 heavy (non-hydrogen) atoms. The van der Waals surface area contributed by atoms with E-state index in [1.54, 1.807) is 38.2 Å². The van der Waals surface area contributed by atoms with Gasteiger partial charge < -0.3 is 15.5 Å². The maximum Gasteiger partial charge on any atom is 0.241 e. The Morgan fingerprint density at radius 3 is 2.68 bits per heavy atom. The highest BCUT2D eigenvalue weighted by molar-refractivity contribution is 14.0. The molecule has 0 aliphatic carbocycles. The summed E-state index contributed by atoms with van der Waals surface area (Å²) in [6.07, 6.45) is 2.45. The fourth-order valence-corrected chi connectivity index (χ4v) is 2.40. The van der Waals surface area contributed by atoms with Gasteiger partial charge >= 0.3 is 0 Å². The van der Waals surface area contributed by atoms with E-state index in [9.17, 15) is 9.18 Å². The first-order valence-electron chi connectivity index (χ1n) is 8.83. The number of rotatable bonds is 7. The maximum atomic E-state index is 13.6. The molecule has 2 aromatic rings. The summed E-state index contributed by atoms with van der Waals surface area (Å²) >= 11 is 0. The number of nitrogens with zero attached hydrogens (tertiary/aromatic N) is 3. The number of hydrogen-bond donors (Lipinski definition) is 2. The second-order valence-corrected chi connectivity index (χ2v) is 6.25. The van der Waals surface area contributed by atoms with Crippen LogP contribution >= 0.6 is 24.0 Å². The molecular weight excluding hydrogens is 472 g/mol. The molecule has 8 heteroatoms. The van der Waals surface area contributed by atoms with E-state index in [-0.39, 0.29) is 42.2 Å². The van der Waals surface area contributed by atoms with Gasteiger partial charge in [-0.05, 0) is 36.2 Å². The standard InChI is InChI=1S/C20H26FN5O.HI/c1-15-7-8-16(12-18(15)21)13-24-20(22-2)25-14-19(27)26(3)11-9-17-6-4-5-10-23-17;/h4-8,10,12H,9,11,13-14H2,1-3H3,(H2,22,24,25);1H. The molecule has 1 aromatic heterocycles. The summed E-state index contributed by atoms with van der Waals surface area (Å²) in [5.41, 5.74) is 2.37. The van der Waals surface area contributed by atoms with Crippen molar-refractivity contribution < 1.29 is 9.18 Å². The van der Waals surface area contributed by atoms with Crippen LogP contribution in [0.1, 0.15) is 16.8 Å². The molecule has 2 rings (SSSR count). The van der Waals surface area contributed by atoms with Crippen LogP contribution in [0.15, 0.2) is 47.6 Å². The van der Waals surface area contributed by atoms with Gasteiger partial charge in [0.1, 0.15) is 5.82 Å². The minimum absolute atomic E-state index is 0. The number of aliphatic imine (C=N–C) groups is 1. The molecule has 0 atom stereocenters. The number of aromatic nitrogens is 1. The number of guanidine groups is 1. The number of amides is 1. The average molecular weight is 499 g/mol. The lowest BCUT2D eigenvalue weighted by atomic mass is 10.1. The highest BCUT2D eigenvalue weighted by Gasteiger charge is 2.10. The Morgan fingerprint density at radius 1 is 1.25 bits per heavy atom. The third-order valence-electron chi connectivity index (χ3n) is 4.18. The highest BCUT2D eigenvalue weighted by atomic mass is 127. The number of benzene rings is 1. The van der Waals surface area contributed by atoms with Gasteiger partial charge in [-0.15, -0.1) is 24.0 Å². The number of likely N-dealkylation sites (N-methyl/N-ethyl adjacent to an activating group) is 1. The third-order valence-corrected chi connectivity index (χ3v) is 4.18. The predicted molar refractivity (Wildman–Crippen MR) is 120 cm³/mol. The summed E-state index contributed by atoms with van der Waals surface area (Å²) in [5.74, 6) is 0.208. The van der Waals surface area contributed by atoms with Gasteiger partial charge in [-0.1, -0.05) is 18.2 Å². The molecule has 0 bridgehead atoms. The van der Waals surface area contributed by atoms with Gasteiger partial charge in [-0.2, -0.15) is 0 Å². The molecule has 0 unspecified atom stereocenters. The Labute approximate surface area is 182 Å². The number of pyridine rings is 1. The molecule has 0 saturated carbocycles. The Hall–Kier alpha value is -2.23. The Balaban J connectivity index is 0.00000392. The summed E-state index contributed by atoms with van der Waals surface area (Å²) in [6.45, 7) is 2.86. The van der Waals surface area contributed by atoms with Gasteiger partial charge in [0.2, 0.25) is 5.91 Å². The van der Waals surface area contributed by atoms with E-state index >= 15 is 0 Å². The van der Waals surface area contributed by atoms with Crippen molar-refractivity contribution >= 4 is 35.8 Å². The molecule has 1 aromatic carbocycles. The Kier molecular flexibility index (Phi) is 10.4. The van der Waals surface area contributed by atoms with Gasteiger partial charge in [-0.25, -0.2) is 4.39 Å². The molecule has 0 saturated heterocycles. The monoisotopic (exact) mass is 499 g/mol. The van der Waals surface area contributed by atoms with Crippen LogP contribution in [0.3, 0.4) is 0 Å². The lowest BCUT2D eigenvalue weighted by molar-refractivity contribution is -0.128. The molecule has 0 radical (unpaired) electrons. The third kappa shape index (κ3) is 7.79. The van der Waals surface area contributed by atoms with E-state index in [0.717, 1.165) is 11.3 Å². The molecule has 6 nitrogen and oxygen atoms in total. The molecule has 0 fully saturated rings. The van der Waals surface area contributed by atoms with Gasteiger partial charge in [0.15, 0.2) is 5.96 Å². The molecule has 0 aliphatic rings. The van der Waals surface area contributed by atoms with Crippen molar-refractivity contribution in [3.05, 3.63) is 65.2 Å². The molecule has 152 valence electrons. The fraction of sp³-hybridized carbons (Fsp3) is 0.350. The maximum absolute atomic E-state index is 13.6. The summed E-state index contributed by atoms with van der Waals surface area (Å²) in [5, 5.41) is 6.06. The second kappa shape index (κ2) is 12.3. The topological polar surface area (TPSA) is 69.6 Å². The van der Waals surface area contributed by atoms with E-state index < -0.39 is 0 Å². The molecule has 1 amide bonds. The predicted octanol–water partition coefficient (Wildman–Crippen LogP) is 2.51. The average Bonchev–Trinajstić information content (AvgIpc) is 2.69. The smallest absolute Gasteiger partial charge is 0.241 e. The Morgan fingerprint density at radius 2 is 2.04 bits per heavy atom. The van der Waals surface area contributed by atoms with Crippen LogP contribution in [-0.2, 0) is 17.8 Å². The zero-order valence-electron chi connectivity index (χ0n) is 16.4. The lowest BCUT2D eigenvalue weighted by Gasteiger charge is -2.18. The van der Waals surface area contributed by atoms with Crippen LogP contribution in [0.5, 0.6) is 0 Å². The molecule has 2 N–H and O–H groups in total. The zero-order chi connectivity index (χ0) is 19.6. The number of carbonyl (C=O) groups is 1. The largest absolute Gasteiger partial charge is 0.352 e. The van der Waals surface area contributed by atoms with Crippen LogP contribution in [0, 0.1) is 12.7 Å². The van der Waals surface area contributed by atoms with Crippen LogP contribution in [-0.4, -0.2) is 48.9 Å². The van der Waals surface area contributed by atoms with E-state index in [4.69, 9.17) is 0 Å². The quantitative estimate of drug-likeness (QED) is 0.349. The van der Waals surface area contributed by atoms with E-state index in [1.165, 1.54) is 6.07 Å². The van der Waals surface area contributed by atoms with Gasteiger partial charge in [-0.3, -0.25) is 14.8 Å². The van der Waals surface area contributed by atoms with Crippen molar-refractivity contribution in [1.82, 2.24) is 20.5 Å². The lowest BCUT2D eigenvalue weighted by Crippen LogP contribution is -2.43. The second-order valence-electron chi connectivity index (χ2n) is 6.25. The van der Waals surface area contributed by atoms with Gasteiger partial charge in [0.05, 0.1) is 6.54 Å². The number of halogens is 2. The van der Waals surface area contributed by atoms with Crippen molar-refractivity contribution in [3.8, 4) is 0 Å². The van der Waals surface area contributed by atoms with Gasteiger partial charge in [0, 0.05) is 45.5 Å². The number of nitrogens with one attached hydrogen (secondary N) is 2. The first-order chi connectivity index (χ1) is 13.0. The van der Waals surface area contributed by atoms with Crippen molar-refractivity contribution in [2.75, 3.05) is 27.2 Å². The minimum atomic E-state index is -0.234. The fourth-order valence-electron chi connectivity index (χ4n) is 2.40. The zero-order valence-corrected chi connectivity index (χ0v) is 18.7.